The summed E-state index contributed by atoms with van der Waals surface area (Å²) in [6, 6.07) is 7.17. The molecule has 0 atom stereocenters. The number of amides is 1. The summed E-state index contributed by atoms with van der Waals surface area (Å²) in [4.78, 5) is 14.6. The number of morpholine rings is 1. The van der Waals surface area contributed by atoms with Gasteiger partial charge in [-0.25, -0.2) is 0 Å². The lowest BCUT2D eigenvalue weighted by molar-refractivity contribution is -0.117. The predicted molar refractivity (Wildman–Crippen MR) is 98.0 cm³/mol. The normalized spacial score (nSPS) is 15.2. The second-order valence-electron chi connectivity index (χ2n) is 5.84. The first-order valence-corrected chi connectivity index (χ1v) is 8.60. The summed E-state index contributed by atoms with van der Waals surface area (Å²) in [5.41, 5.74) is 0.688. The number of methoxy groups -OCH3 is 2. The van der Waals surface area contributed by atoms with Gasteiger partial charge in [-0.2, -0.15) is 5.26 Å². The van der Waals surface area contributed by atoms with Crippen molar-refractivity contribution in [2.75, 3.05) is 53.6 Å². The van der Waals surface area contributed by atoms with Gasteiger partial charge >= 0.3 is 0 Å². The van der Waals surface area contributed by atoms with Gasteiger partial charge in [0, 0.05) is 31.3 Å². The topological polar surface area (TPSA) is 83.8 Å². The molecule has 1 N–H and O–H groups in total. The molecular weight excluding hydrogens is 334 g/mol. The molecule has 1 heterocycles. The highest BCUT2D eigenvalue weighted by Gasteiger charge is 2.12. The van der Waals surface area contributed by atoms with Gasteiger partial charge in [0.05, 0.1) is 27.4 Å². The zero-order chi connectivity index (χ0) is 18.8. The first-order valence-electron chi connectivity index (χ1n) is 8.60. The molecule has 0 unspecified atom stereocenters. The van der Waals surface area contributed by atoms with Crippen molar-refractivity contribution in [3.05, 3.63) is 29.3 Å². The third-order valence-electron chi connectivity index (χ3n) is 4.15. The molecule has 0 bridgehead atoms. The van der Waals surface area contributed by atoms with Crippen LogP contribution in [0.2, 0.25) is 0 Å². The highest BCUT2D eigenvalue weighted by Crippen LogP contribution is 2.26. The van der Waals surface area contributed by atoms with Crippen LogP contribution in [0.5, 0.6) is 11.5 Å². The molecule has 26 heavy (non-hydrogen) atoms. The molecule has 1 aliphatic heterocycles. The molecule has 0 aliphatic carbocycles. The van der Waals surface area contributed by atoms with Gasteiger partial charge in [0.1, 0.15) is 23.1 Å². The molecule has 7 nitrogen and oxygen atoms in total. The monoisotopic (exact) mass is 359 g/mol. The highest BCUT2D eigenvalue weighted by atomic mass is 16.5. The second kappa shape index (κ2) is 10.4. The summed E-state index contributed by atoms with van der Waals surface area (Å²) < 4.78 is 15.8. The first-order chi connectivity index (χ1) is 12.7. The molecule has 140 valence electrons. The smallest absolute Gasteiger partial charge is 0.261 e. The summed E-state index contributed by atoms with van der Waals surface area (Å²) >= 11 is 0. The maximum atomic E-state index is 12.3. The standard InChI is InChI=1S/C19H25N3O4/c1-24-17-5-4-15(18(13-17)25-2)12-16(14-20)19(23)21-6-3-7-22-8-10-26-11-9-22/h4-5,12-13H,3,6-11H2,1-2H3,(H,21,23)/b16-12+. The van der Waals surface area contributed by atoms with E-state index in [0.29, 0.717) is 23.6 Å². The molecule has 1 aromatic carbocycles. The van der Waals surface area contributed by atoms with E-state index >= 15 is 0 Å². The Bertz CT molecular complexity index is 676. The molecule has 1 aliphatic rings. The van der Waals surface area contributed by atoms with Crippen molar-refractivity contribution in [1.82, 2.24) is 10.2 Å². The molecule has 0 radical (unpaired) electrons. The molecule has 0 spiro atoms. The van der Waals surface area contributed by atoms with E-state index in [1.165, 1.54) is 13.2 Å². The van der Waals surface area contributed by atoms with Crippen LogP contribution >= 0.6 is 0 Å². The minimum Gasteiger partial charge on any atom is -0.497 e. The molecule has 1 fully saturated rings. The van der Waals surface area contributed by atoms with Crippen molar-refractivity contribution >= 4 is 12.0 Å². The Kier molecular flexibility index (Phi) is 7.93. The van der Waals surface area contributed by atoms with E-state index in [-0.39, 0.29) is 11.5 Å². The number of benzene rings is 1. The number of carbonyl (C=O) groups excluding carboxylic acids is 1. The molecule has 7 heteroatoms. The number of rotatable bonds is 8. The van der Waals surface area contributed by atoms with E-state index < -0.39 is 0 Å². The number of ether oxygens (including phenoxy) is 3. The van der Waals surface area contributed by atoms with Crippen LogP contribution in [0.1, 0.15) is 12.0 Å². The lowest BCUT2D eigenvalue weighted by Crippen LogP contribution is -2.38. The Morgan fingerprint density at radius 2 is 2.12 bits per heavy atom. The number of hydrogen-bond acceptors (Lipinski definition) is 6. The molecule has 0 saturated carbocycles. The van der Waals surface area contributed by atoms with Crippen LogP contribution in [0.25, 0.3) is 6.08 Å². The van der Waals surface area contributed by atoms with Gasteiger partial charge in [0.25, 0.3) is 5.91 Å². The fourth-order valence-corrected chi connectivity index (χ4v) is 2.67. The fraction of sp³-hybridized carbons (Fsp3) is 0.474. The van der Waals surface area contributed by atoms with Crippen LogP contribution < -0.4 is 14.8 Å². The van der Waals surface area contributed by atoms with Crippen molar-refractivity contribution in [2.45, 2.75) is 6.42 Å². The summed E-state index contributed by atoms with van der Waals surface area (Å²) in [5, 5.41) is 12.1. The van der Waals surface area contributed by atoms with Crippen LogP contribution in [0.15, 0.2) is 23.8 Å². The Morgan fingerprint density at radius 1 is 1.35 bits per heavy atom. The molecule has 1 saturated heterocycles. The Labute approximate surface area is 154 Å². The van der Waals surface area contributed by atoms with Crippen molar-refractivity contribution in [3.8, 4) is 17.6 Å². The fourth-order valence-electron chi connectivity index (χ4n) is 2.67. The Balaban J connectivity index is 1.91. The van der Waals surface area contributed by atoms with Gasteiger partial charge in [0.15, 0.2) is 0 Å². The maximum absolute atomic E-state index is 12.3. The molecule has 1 amide bonds. The predicted octanol–water partition coefficient (Wildman–Crippen LogP) is 1.45. The average molecular weight is 359 g/mol. The molecule has 0 aromatic heterocycles. The Morgan fingerprint density at radius 3 is 2.77 bits per heavy atom. The number of hydrogen-bond donors (Lipinski definition) is 1. The second-order valence-corrected chi connectivity index (χ2v) is 5.84. The van der Waals surface area contributed by atoms with E-state index in [2.05, 4.69) is 10.2 Å². The number of carbonyl (C=O) groups is 1. The highest BCUT2D eigenvalue weighted by molar-refractivity contribution is 6.02. The van der Waals surface area contributed by atoms with E-state index in [0.717, 1.165) is 39.3 Å². The van der Waals surface area contributed by atoms with Crippen LogP contribution in [0, 0.1) is 11.3 Å². The zero-order valence-electron chi connectivity index (χ0n) is 15.3. The van der Waals surface area contributed by atoms with E-state index in [1.54, 1.807) is 25.3 Å². The summed E-state index contributed by atoms with van der Waals surface area (Å²) in [5.74, 6) is 0.801. The first kappa shape index (κ1) is 19.8. The van der Waals surface area contributed by atoms with Crippen molar-refractivity contribution in [1.29, 1.82) is 5.26 Å². The molecular formula is C19H25N3O4. The quantitative estimate of drug-likeness (QED) is 0.430. The summed E-state index contributed by atoms with van der Waals surface area (Å²) in [6.45, 7) is 4.80. The largest absolute Gasteiger partial charge is 0.497 e. The van der Waals surface area contributed by atoms with Crippen LogP contribution in [-0.2, 0) is 9.53 Å². The van der Waals surface area contributed by atoms with Gasteiger partial charge in [-0.3, -0.25) is 9.69 Å². The Hall–Kier alpha value is -2.56. The van der Waals surface area contributed by atoms with Crippen molar-refractivity contribution in [2.24, 2.45) is 0 Å². The number of nitriles is 1. The van der Waals surface area contributed by atoms with Crippen LogP contribution in [0.3, 0.4) is 0 Å². The number of nitrogens with one attached hydrogen (secondary N) is 1. The lowest BCUT2D eigenvalue weighted by Gasteiger charge is -2.26. The maximum Gasteiger partial charge on any atom is 0.261 e. The zero-order valence-corrected chi connectivity index (χ0v) is 15.3. The lowest BCUT2D eigenvalue weighted by atomic mass is 10.1. The number of nitrogens with zero attached hydrogens (tertiary/aromatic N) is 2. The third-order valence-corrected chi connectivity index (χ3v) is 4.15. The average Bonchev–Trinajstić information content (AvgIpc) is 2.70. The SMILES string of the molecule is COc1ccc(/C=C(\C#N)C(=O)NCCCN2CCOCC2)c(OC)c1. The van der Waals surface area contributed by atoms with Gasteiger partial charge in [-0.1, -0.05) is 0 Å². The minimum absolute atomic E-state index is 0.0415. The summed E-state index contributed by atoms with van der Waals surface area (Å²) in [6.07, 6.45) is 2.35. The van der Waals surface area contributed by atoms with E-state index in [1.807, 2.05) is 6.07 Å². The third kappa shape index (κ3) is 5.76. The van der Waals surface area contributed by atoms with Gasteiger partial charge < -0.3 is 19.5 Å². The van der Waals surface area contributed by atoms with E-state index in [4.69, 9.17) is 14.2 Å². The van der Waals surface area contributed by atoms with Gasteiger partial charge in [0.2, 0.25) is 0 Å². The van der Waals surface area contributed by atoms with Gasteiger partial charge in [-0.15, -0.1) is 0 Å². The van der Waals surface area contributed by atoms with Crippen molar-refractivity contribution < 1.29 is 19.0 Å². The minimum atomic E-state index is -0.382. The molecule has 2 rings (SSSR count). The van der Waals surface area contributed by atoms with Crippen LogP contribution in [0.4, 0.5) is 0 Å². The summed E-state index contributed by atoms with van der Waals surface area (Å²) in [7, 11) is 3.10. The van der Waals surface area contributed by atoms with Crippen molar-refractivity contribution in [3.63, 3.8) is 0 Å². The van der Waals surface area contributed by atoms with Crippen LogP contribution in [-0.4, -0.2) is 64.4 Å². The van der Waals surface area contributed by atoms with E-state index in [9.17, 15) is 10.1 Å². The van der Waals surface area contributed by atoms with Gasteiger partial charge in [-0.05, 0) is 31.2 Å². The molecule has 1 aromatic rings.